The highest BCUT2D eigenvalue weighted by Crippen LogP contribution is 2.14. The smallest absolute Gasteiger partial charge is 0.332 e. The molecule has 0 aliphatic carbocycles. The van der Waals surface area contributed by atoms with Crippen LogP contribution in [0, 0.1) is 12.3 Å². The van der Waals surface area contributed by atoms with E-state index >= 15 is 0 Å². The van der Waals surface area contributed by atoms with Gasteiger partial charge in [0.15, 0.2) is 0 Å². The molecule has 2 aromatic rings. The van der Waals surface area contributed by atoms with E-state index in [1.54, 1.807) is 45.0 Å². The number of hydrogen-bond acceptors (Lipinski definition) is 12. The number of amides is 5. The van der Waals surface area contributed by atoms with Gasteiger partial charge in [0.05, 0.1) is 52.7 Å². The van der Waals surface area contributed by atoms with E-state index in [0.717, 1.165) is 4.90 Å². The second-order valence-electron chi connectivity index (χ2n) is 13.2. The summed E-state index contributed by atoms with van der Waals surface area (Å²) in [4.78, 5) is 74.0. The maximum absolute atomic E-state index is 12.6. The molecule has 55 heavy (non-hydrogen) atoms. The van der Waals surface area contributed by atoms with Gasteiger partial charge in [0.1, 0.15) is 30.6 Å². The first-order valence-corrected chi connectivity index (χ1v) is 17.8. The van der Waals surface area contributed by atoms with Crippen LogP contribution in [0.25, 0.3) is 0 Å². The van der Waals surface area contributed by atoms with Crippen LogP contribution < -0.4 is 21.7 Å². The number of rotatable bonds is 22. The number of hydrogen-bond donors (Lipinski definition) is 5. The first-order chi connectivity index (χ1) is 26.1. The highest BCUT2D eigenvalue weighted by atomic mass is 16.6. The number of imide groups is 1. The minimum absolute atomic E-state index is 0.106. The van der Waals surface area contributed by atoms with Crippen molar-refractivity contribution in [2.45, 2.75) is 58.6 Å². The lowest BCUT2D eigenvalue weighted by molar-refractivity contribution is -0.160. The lowest BCUT2D eigenvalue weighted by atomic mass is 10.2. The van der Waals surface area contributed by atoms with Crippen molar-refractivity contribution in [2.24, 2.45) is 5.73 Å². The maximum atomic E-state index is 12.6. The van der Waals surface area contributed by atoms with Crippen LogP contribution in [-0.4, -0.2) is 124 Å². The quantitative estimate of drug-likeness (QED) is 0.0376. The molecule has 1 heterocycles. The molecule has 1 aliphatic heterocycles. The molecule has 1 saturated heterocycles. The molecular formula is C38H54N6O11. The fraction of sp³-hybridized carbons (Fsp3) is 0.500. The van der Waals surface area contributed by atoms with E-state index in [1.165, 1.54) is 5.56 Å². The standard InChI is InChI=1S/C31H46N6O11.C7H8/c1-31(2,3)48-28(42)20-47-17-16-46-15-14-45-13-12-44-11-10-34-26(40)19-37-27(41)18-23(30(37)43)36-25(39)9-8-24(38)35-22-6-4-21(5-7-22)29(32)33;1-7-5-3-2-4-6-7/h4-7,23H,8-20H2,1-3H3,(H3,32,33)(H,34,40)(H,35,38)(H,36,39);2-6H,1H3. The molecule has 0 spiro atoms. The molecule has 1 fully saturated rings. The van der Waals surface area contributed by atoms with Gasteiger partial charge < -0.3 is 45.4 Å². The van der Waals surface area contributed by atoms with E-state index in [4.69, 9.17) is 34.8 Å². The van der Waals surface area contributed by atoms with E-state index in [2.05, 4.69) is 35.0 Å². The Morgan fingerprint density at radius 1 is 0.800 bits per heavy atom. The Hall–Kier alpha value is -5.23. The average Bonchev–Trinajstić information content (AvgIpc) is 3.37. The van der Waals surface area contributed by atoms with Crippen LogP contribution >= 0.6 is 0 Å². The highest BCUT2D eigenvalue weighted by molar-refractivity contribution is 6.09. The topological polar surface area (TPSA) is 238 Å². The highest BCUT2D eigenvalue weighted by Gasteiger charge is 2.40. The van der Waals surface area contributed by atoms with E-state index < -0.39 is 53.7 Å². The summed E-state index contributed by atoms with van der Waals surface area (Å²) in [6.07, 6.45) is -0.676. The number of esters is 1. The number of benzene rings is 2. The molecular weight excluding hydrogens is 716 g/mol. The largest absolute Gasteiger partial charge is 0.458 e. The minimum atomic E-state index is -1.12. The Kier molecular flexibility index (Phi) is 20.8. The SMILES string of the molecule is CC(C)(C)OC(=O)COCCOCCOCCOCCNC(=O)CN1C(=O)CC(NC(=O)CCC(=O)Nc2ccc(C(=N)N)cc2)C1=O.Cc1ccccc1. The first kappa shape index (κ1) is 45.9. The molecule has 3 rings (SSSR count). The molecule has 5 amide bonds. The monoisotopic (exact) mass is 770 g/mol. The summed E-state index contributed by atoms with van der Waals surface area (Å²) < 4.78 is 26.4. The number of amidine groups is 1. The van der Waals surface area contributed by atoms with Gasteiger partial charge in [-0.3, -0.25) is 34.3 Å². The normalized spacial score (nSPS) is 13.7. The molecule has 1 unspecified atom stereocenters. The van der Waals surface area contributed by atoms with Gasteiger partial charge in [-0.25, -0.2) is 4.79 Å². The van der Waals surface area contributed by atoms with Crippen molar-refractivity contribution in [1.82, 2.24) is 15.5 Å². The summed E-state index contributed by atoms with van der Waals surface area (Å²) in [6.45, 7) is 8.89. The molecule has 302 valence electrons. The number of nitrogen functional groups attached to an aromatic ring is 1. The molecule has 0 saturated carbocycles. The van der Waals surface area contributed by atoms with Gasteiger partial charge >= 0.3 is 5.97 Å². The number of nitrogens with zero attached hydrogens (tertiary/aromatic N) is 1. The number of ether oxygens (including phenoxy) is 5. The Morgan fingerprint density at radius 2 is 1.36 bits per heavy atom. The number of carbonyl (C=O) groups excluding carboxylic acids is 6. The summed E-state index contributed by atoms with van der Waals surface area (Å²) in [7, 11) is 0. The van der Waals surface area contributed by atoms with E-state index in [0.29, 0.717) is 37.7 Å². The second-order valence-corrected chi connectivity index (χ2v) is 13.2. The molecule has 17 nitrogen and oxygen atoms in total. The van der Waals surface area contributed by atoms with Crippen molar-refractivity contribution < 1.29 is 52.5 Å². The number of carbonyl (C=O) groups is 6. The van der Waals surface area contributed by atoms with E-state index in [1.807, 2.05) is 18.2 Å². The van der Waals surface area contributed by atoms with Gasteiger partial charge in [-0.15, -0.1) is 0 Å². The zero-order chi connectivity index (χ0) is 40.6. The van der Waals surface area contributed by atoms with E-state index in [9.17, 15) is 28.8 Å². The van der Waals surface area contributed by atoms with Crippen molar-refractivity contribution in [3.63, 3.8) is 0 Å². The summed E-state index contributed by atoms with van der Waals surface area (Å²) in [5, 5.41) is 15.0. The van der Waals surface area contributed by atoms with Crippen LogP contribution in [0.15, 0.2) is 54.6 Å². The summed E-state index contributed by atoms with van der Waals surface area (Å²) in [5.41, 5.74) is 7.13. The summed E-state index contributed by atoms with van der Waals surface area (Å²) in [6, 6.07) is 15.4. The average molecular weight is 771 g/mol. The second kappa shape index (κ2) is 25.0. The van der Waals surface area contributed by atoms with Crippen LogP contribution in [0.2, 0.25) is 0 Å². The van der Waals surface area contributed by atoms with Crippen molar-refractivity contribution in [2.75, 3.05) is 71.3 Å². The predicted octanol–water partition coefficient (Wildman–Crippen LogP) is 1.45. The first-order valence-electron chi connectivity index (χ1n) is 17.8. The fourth-order valence-corrected chi connectivity index (χ4v) is 4.59. The van der Waals surface area contributed by atoms with Crippen molar-refractivity contribution in [3.05, 3.63) is 65.7 Å². The molecule has 1 aliphatic rings. The lowest BCUT2D eigenvalue weighted by Gasteiger charge is -2.19. The Labute approximate surface area is 321 Å². The lowest BCUT2D eigenvalue weighted by Crippen LogP contribution is -2.45. The van der Waals surface area contributed by atoms with Gasteiger partial charge in [0.25, 0.3) is 5.91 Å². The van der Waals surface area contributed by atoms with Crippen LogP contribution in [-0.2, 0) is 52.5 Å². The molecule has 1 atom stereocenters. The van der Waals surface area contributed by atoms with Crippen molar-refractivity contribution >= 4 is 47.0 Å². The molecule has 17 heteroatoms. The fourth-order valence-electron chi connectivity index (χ4n) is 4.59. The van der Waals surface area contributed by atoms with Gasteiger partial charge in [-0.2, -0.15) is 0 Å². The molecule has 2 aromatic carbocycles. The molecule has 6 N–H and O–H groups in total. The van der Waals surface area contributed by atoms with Gasteiger partial charge in [-0.05, 0) is 52.0 Å². The van der Waals surface area contributed by atoms with Crippen LogP contribution in [0.5, 0.6) is 0 Å². The number of anilines is 1. The van der Waals surface area contributed by atoms with Crippen LogP contribution in [0.4, 0.5) is 5.69 Å². The molecule has 0 bridgehead atoms. The van der Waals surface area contributed by atoms with Gasteiger partial charge in [0.2, 0.25) is 23.6 Å². The predicted molar refractivity (Wildman–Crippen MR) is 202 cm³/mol. The number of nitrogens with two attached hydrogens (primary N) is 1. The third-order valence-electron chi connectivity index (χ3n) is 7.20. The molecule has 0 aromatic heterocycles. The zero-order valence-corrected chi connectivity index (χ0v) is 32.0. The van der Waals surface area contributed by atoms with Gasteiger partial charge in [-0.1, -0.05) is 35.9 Å². The van der Waals surface area contributed by atoms with Crippen LogP contribution in [0.3, 0.4) is 0 Å². The third kappa shape index (κ3) is 20.7. The Bertz CT molecular complexity index is 1550. The number of nitrogens with one attached hydrogen (secondary N) is 4. The Morgan fingerprint density at radius 3 is 1.91 bits per heavy atom. The zero-order valence-electron chi connectivity index (χ0n) is 32.0. The van der Waals surface area contributed by atoms with Crippen molar-refractivity contribution in [1.29, 1.82) is 5.41 Å². The van der Waals surface area contributed by atoms with Crippen LogP contribution in [0.1, 0.15) is 51.2 Å². The third-order valence-corrected chi connectivity index (χ3v) is 7.20. The van der Waals surface area contributed by atoms with Crippen molar-refractivity contribution in [3.8, 4) is 0 Å². The minimum Gasteiger partial charge on any atom is -0.458 e. The Balaban J connectivity index is 0.00000133. The number of likely N-dealkylation sites (tertiary alicyclic amines) is 1. The number of aryl methyl sites for hydroxylation is 1. The van der Waals surface area contributed by atoms with E-state index in [-0.39, 0.29) is 58.1 Å². The summed E-state index contributed by atoms with van der Waals surface area (Å²) in [5.74, 6) is -3.44. The van der Waals surface area contributed by atoms with Gasteiger partial charge in [0, 0.05) is 30.6 Å². The maximum Gasteiger partial charge on any atom is 0.332 e. The molecule has 0 radical (unpaired) electrons. The summed E-state index contributed by atoms with van der Waals surface area (Å²) >= 11 is 0.